The summed E-state index contributed by atoms with van der Waals surface area (Å²) in [5.41, 5.74) is 5.49. The highest BCUT2D eigenvalue weighted by atomic mass is 35.5. The van der Waals surface area contributed by atoms with Crippen molar-refractivity contribution in [3.05, 3.63) is 53.7 Å². The van der Waals surface area contributed by atoms with Crippen molar-refractivity contribution >= 4 is 44.4 Å². The topological polar surface area (TPSA) is 73.0 Å². The van der Waals surface area contributed by atoms with Gasteiger partial charge in [-0.2, -0.15) is 0 Å². The molecule has 0 radical (unpaired) electrons. The number of fused-ring (bicyclic) bond motifs is 1. The van der Waals surface area contributed by atoms with Gasteiger partial charge in [0.2, 0.25) is 9.84 Å². The van der Waals surface area contributed by atoms with Crippen molar-refractivity contribution in [1.82, 2.24) is 4.98 Å². The van der Waals surface area contributed by atoms with Crippen LogP contribution in [0.3, 0.4) is 0 Å². The number of thiazole rings is 1. The second-order valence-corrected chi connectivity index (χ2v) is 7.52. The van der Waals surface area contributed by atoms with Crippen molar-refractivity contribution in [2.24, 2.45) is 5.73 Å². The number of benzene rings is 2. The molecule has 0 amide bonds. The maximum absolute atomic E-state index is 12.7. The molecule has 0 saturated carbocycles. The van der Waals surface area contributed by atoms with Crippen molar-refractivity contribution in [3.8, 4) is 0 Å². The van der Waals surface area contributed by atoms with E-state index in [9.17, 15) is 8.42 Å². The molecule has 0 atom stereocenters. The number of rotatable bonds is 3. The summed E-state index contributed by atoms with van der Waals surface area (Å²) >= 11 is 1.12. The first-order chi connectivity index (χ1) is 9.63. The van der Waals surface area contributed by atoms with E-state index >= 15 is 0 Å². The predicted octanol–water partition coefficient (Wildman–Crippen LogP) is 3.01. The van der Waals surface area contributed by atoms with E-state index in [2.05, 4.69) is 4.98 Å². The molecule has 0 aliphatic rings. The highest BCUT2D eigenvalue weighted by molar-refractivity contribution is 7.93. The molecule has 3 rings (SSSR count). The molecular weight excluding hydrogens is 328 g/mol. The smallest absolute Gasteiger partial charge is 0.218 e. The maximum Gasteiger partial charge on any atom is 0.218 e. The number of hydrogen-bond donors (Lipinski definition) is 1. The zero-order valence-electron chi connectivity index (χ0n) is 10.9. The summed E-state index contributed by atoms with van der Waals surface area (Å²) in [6.45, 7) is 0.246. The minimum Gasteiger partial charge on any atom is -0.325 e. The van der Waals surface area contributed by atoms with Crippen LogP contribution in [0.25, 0.3) is 10.8 Å². The molecule has 2 aromatic carbocycles. The molecule has 21 heavy (non-hydrogen) atoms. The van der Waals surface area contributed by atoms with Crippen molar-refractivity contribution in [1.29, 1.82) is 0 Å². The van der Waals surface area contributed by atoms with Crippen LogP contribution >= 0.6 is 23.7 Å². The molecule has 0 saturated heterocycles. The molecular formula is C14H13ClN2O2S2. The molecule has 1 aromatic heterocycles. The third-order valence-electron chi connectivity index (χ3n) is 3.01. The van der Waals surface area contributed by atoms with Crippen LogP contribution in [-0.2, 0) is 16.4 Å². The van der Waals surface area contributed by atoms with E-state index < -0.39 is 9.84 Å². The quantitative estimate of drug-likeness (QED) is 0.795. The molecule has 110 valence electrons. The van der Waals surface area contributed by atoms with Gasteiger partial charge >= 0.3 is 0 Å². The largest absolute Gasteiger partial charge is 0.325 e. The lowest BCUT2D eigenvalue weighted by Gasteiger charge is -2.05. The normalized spacial score (nSPS) is 11.3. The van der Waals surface area contributed by atoms with Crippen LogP contribution < -0.4 is 5.73 Å². The lowest BCUT2D eigenvalue weighted by Crippen LogP contribution is -2.00. The van der Waals surface area contributed by atoms with Gasteiger partial charge in [-0.05, 0) is 11.5 Å². The summed E-state index contributed by atoms with van der Waals surface area (Å²) in [6, 6.07) is 12.7. The number of sulfone groups is 1. The molecule has 0 bridgehead atoms. The van der Waals surface area contributed by atoms with Gasteiger partial charge in [0.05, 0.1) is 11.1 Å². The van der Waals surface area contributed by atoms with Crippen LogP contribution in [-0.4, -0.2) is 13.4 Å². The number of nitrogens with zero attached hydrogens (tertiary/aromatic N) is 1. The van der Waals surface area contributed by atoms with Crippen LogP contribution in [0.1, 0.15) is 5.01 Å². The second-order valence-electron chi connectivity index (χ2n) is 4.26. The number of nitrogens with two attached hydrogens (primary N) is 1. The summed E-state index contributed by atoms with van der Waals surface area (Å²) in [5.74, 6) is 0. The molecule has 3 aromatic rings. The first-order valence-corrected chi connectivity index (χ1v) is 8.30. The third kappa shape index (κ3) is 2.80. The van der Waals surface area contributed by atoms with E-state index in [1.165, 1.54) is 6.20 Å². The van der Waals surface area contributed by atoms with E-state index in [4.69, 9.17) is 5.73 Å². The van der Waals surface area contributed by atoms with Crippen molar-refractivity contribution in [2.75, 3.05) is 0 Å². The standard InChI is InChI=1S/C14H12N2O2S2.ClH/c15-8-13-16-9-14(19-13)20(17,18)12-7-3-5-10-4-1-2-6-11(10)12;/h1-7,9H,8,15H2;1H. The van der Waals surface area contributed by atoms with Gasteiger partial charge in [-0.15, -0.1) is 23.7 Å². The summed E-state index contributed by atoms with van der Waals surface area (Å²) in [7, 11) is -3.55. The van der Waals surface area contributed by atoms with Crippen LogP contribution in [0, 0.1) is 0 Å². The summed E-state index contributed by atoms with van der Waals surface area (Å²) in [5, 5.41) is 2.23. The second kappa shape index (κ2) is 6.11. The lowest BCUT2D eigenvalue weighted by molar-refractivity contribution is 0.599. The molecule has 0 spiro atoms. The molecule has 2 N–H and O–H groups in total. The Morgan fingerprint density at radius 3 is 2.52 bits per heavy atom. The van der Waals surface area contributed by atoms with E-state index in [0.29, 0.717) is 9.90 Å². The van der Waals surface area contributed by atoms with Crippen LogP contribution in [0.15, 0.2) is 57.8 Å². The van der Waals surface area contributed by atoms with Gasteiger partial charge in [0.1, 0.15) is 9.22 Å². The van der Waals surface area contributed by atoms with Crippen LogP contribution in [0.2, 0.25) is 0 Å². The van der Waals surface area contributed by atoms with Crippen molar-refractivity contribution in [3.63, 3.8) is 0 Å². The van der Waals surface area contributed by atoms with Crippen molar-refractivity contribution < 1.29 is 8.42 Å². The molecule has 0 aliphatic heterocycles. The van der Waals surface area contributed by atoms with Gasteiger partial charge in [0, 0.05) is 11.9 Å². The maximum atomic E-state index is 12.7. The Morgan fingerprint density at radius 1 is 1.10 bits per heavy atom. The van der Waals surface area contributed by atoms with Gasteiger partial charge in [0.15, 0.2) is 0 Å². The van der Waals surface area contributed by atoms with Gasteiger partial charge in [-0.1, -0.05) is 36.4 Å². The predicted molar refractivity (Wildman–Crippen MR) is 86.7 cm³/mol. The van der Waals surface area contributed by atoms with E-state index in [-0.39, 0.29) is 23.2 Å². The molecule has 0 fully saturated rings. The Labute approximate surface area is 133 Å². The average molecular weight is 341 g/mol. The monoisotopic (exact) mass is 340 g/mol. The van der Waals surface area contributed by atoms with Crippen molar-refractivity contribution in [2.45, 2.75) is 15.6 Å². The number of hydrogen-bond acceptors (Lipinski definition) is 5. The first-order valence-electron chi connectivity index (χ1n) is 6.00. The fourth-order valence-corrected chi connectivity index (χ4v) is 4.72. The number of halogens is 1. The Balaban J connectivity index is 0.00000161. The zero-order chi connectivity index (χ0) is 14.2. The minimum absolute atomic E-state index is 0. The molecule has 0 aliphatic carbocycles. The SMILES string of the molecule is Cl.NCc1ncc(S(=O)(=O)c2cccc3ccccc23)s1. The minimum atomic E-state index is -3.55. The molecule has 7 heteroatoms. The van der Waals surface area contributed by atoms with E-state index in [0.717, 1.165) is 22.1 Å². The Kier molecular flexibility index (Phi) is 4.63. The van der Waals surface area contributed by atoms with Gasteiger partial charge in [-0.25, -0.2) is 13.4 Å². The van der Waals surface area contributed by atoms with Crippen LogP contribution in [0.5, 0.6) is 0 Å². The highest BCUT2D eigenvalue weighted by Gasteiger charge is 2.22. The fraction of sp³-hybridized carbons (Fsp3) is 0.0714. The third-order valence-corrected chi connectivity index (χ3v) is 6.30. The van der Waals surface area contributed by atoms with E-state index in [1.54, 1.807) is 12.1 Å². The van der Waals surface area contributed by atoms with Gasteiger partial charge in [0.25, 0.3) is 0 Å². The van der Waals surface area contributed by atoms with Crippen LogP contribution in [0.4, 0.5) is 0 Å². The zero-order valence-corrected chi connectivity index (χ0v) is 13.3. The Morgan fingerprint density at radius 2 is 1.81 bits per heavy atom. The fourth-order valence-electron chi connectivity index (χ4n) is 2.05. The number of aromatic nitrogens is 1. The summed E-state index contributed by atoms with van der Waals surface area (Å²) < 4.78 is 25.6. The average Bonchev–Trinajstić information content (AvgIpc) is 2.96. The molecule has 0 unspecified atom stereocenters. The Bertz CT molecular complexity index is 870. The lowest BCUT2D eigenvalue weighted by atomic mass is 10.1. The highest BCUT2D eigenvalue weighted by Crippen LogP contribution is 2.30. The van der Waals surface area contributed by atoms with E-state index in [1.807, 2.05) is 30.3 Å². The first kappa shape index (κ1) is 15.9. The van der Waals surface area contributed by atoms with Gasteiger partial charge < -0.3 is 5.73 Å². The molecule has 1 heterocycles. The summed E-state index contributed by atoms with van der Waals surface area (Å²) in [6.07, 6.45) is 1.38. The summed E-state index contributed by atoms with van der Waals surface area (Å²) in [4.78, 5) is 4.33. The molecule has 4 nitrogen and oxygen atoms in total. The Hall–Kier alpha value is -1.47. The van der Waals surface area contributed by atoms with Gasteiger partial charge in [-0.3, -0.25) is 0 Å².